The number of anilines is 1. The Morgan fingerprint density at radius 3 is 2.94 bits per heavy atom. The highest BCUT2D eigenvalue weighted by molar-refractivity contribution is 7.07. The zero-order valence-electron chi connectivity index (χ0n) is 10.5. The molecule has 17 heavy (non-hydrogen) atoms. The standard InChI is InChI=1S/C12H18N4S/c1-9(2)4-13-12-15-10(3)5-16(12)6-11-7-17-8-14-11/h5,7-9H,4,6H2,1-3H3,(H,13,15). The Balaban J connectivity index is 2.10. The number of aryl methyl sites for hydroxylation is 1. The molecule has 0 aliphatic rings. The number of thiazole rings is 1. The molecule has 0 saturated heterocycles. The van der Waals surface area contributed by atoms with Crippen molar-refractivity contribution in [1.82, 2.24) is 14.5 Å². The van der Waals surface area contributed by atoms with Crippen molar-refractivity contribution in [3.05, 3.63) is 28.5 Å². The van der Waals surface area contributed by atoms with E-state index < -0.39 is 0 Å². The quantitative estimate of drug-likeness (QED) is 0.887. The molecule has 0 aliphatic carbocycles. The van der Waals surface area contributed by atoms with E-state index >= 15 is 0 Å². The molecule has 92 valence electrons. The summed E-state index contributed by atoms with van der Waals surface area (Å²) in [5.74, 6) is 1.55. The predicted molar refractivity (Wildman–Crippen MR) is 71.5 cm³/mol. The molecular formula is C12H18N4S. The van der Waals surface area contributed by atoms with Crippen LogP contribution < -0.4 is 5.32 Å². The summed E-state index contributed by atoms with van der Waals surface area (Å²) < 4.78 is 2.12. The summed E-state index contributed by atoms with van der Waals surface area (Å²) >= 11 is 1.62. The summed E-state index contributed by atoms with van der Waals surface area (Å²) in [5, 5.41) is 5.44. The van der Waals surface area contributed by atoms with E-state index in [-0.39, 0.29) is 0 Å². The third-order valence-electron chi connectivity index (χ3n) is 2.38. The molecule has 0 spiro atoms. The largest absolute Gasteiger partial charge is 0.355 e. The Bertz CT molecular complexity index is 459. The van der Waals surface area contributed by atoms with Crippen molar-refractivity contribution in [2.24, 2.45) is 5.92 Å². The number of nitrogens with one attached hydrogen (secondary N) is 1. The second-order valence-corrected chi connectivity index (χ2v) is 5.31. The summed E-state index contributed by atoms with van der Waals surface area (Å²) in [4.78, 5) is 8.79. The Hall–Kier alpha value is -1.36. The zero-order valence-corrected chi connectivity index (χ0v) is 11.3. The van der Waals surface area contributed by atoms with Crippen LogP contribution in [0.15, 0.2) is 17.1 Å². The molecule has 2 rings (SSSR count). The van der Waals surface area contributed by atoms with Crippen LogP contribution in [-0.2, 0) is 6.54 Å². The molecule has 0 aromatic carbocycles. The minimum Gasteiger partial charge on any atom is -0.355 e. The van der Waals surface area contributed by atoms with E-state index in [0.717, 1.165) is 30.4 Å². The monoisotopic (exact) mass is 250 g/mol. The van der Waals surface area contributed by atoms with Gasteiger partial charge in [-0.3, -0.25) is 0 Å². The topological polar surface area (TPSA) is 42.7 Å². The maximum atomic E-state index is 4.49. The molecule has 1 N–H and O–H groups in total. The first-order valence-corrected chi connectivity index (χ1v) is 6.74. The summed E-state index contributed by atoms with van der Waals surface area (Å²) in [6.07, 6.45) is 2.06. The molecule has 2 aromatic rings. The van der Waals surface area contributed by atoms with Crippen LogP contribution in [0.3, 0.4) is 0 Å². The van der Waals surface area contributed by atoms with Crippen LogP contribution in [0.2, 0.25) is 0 Å². The fraction of sp³-hybridized carbons (Fsp3) is 0.500. The minimum absolute atomic E-state index is 0.611. The first-order valence-electron chi connectivity index (χ1n) is 5.80. The SMILES string of the molecule is Cc1cn(Cc2cscn2)c(NCC(C)C)n1. The molecule has 0 bridgehead atoms. The maximum absolute atomic E-state index is 4.49. The van der Waals surface area contributed by atoms with Gasteiger partial charge in [0.1, 0.15) is 0 Å². The van der Waals surface area contributed by atoms with Crippen LogP contribution >= 0.6 is 11.3 Å². The van der Waals surface area contributed by atoms with Gasteiger partial charge < -0.3 is 9.88 Å². The lowest BCUT2D eigenvalue weighted by Gasteiger charge is -2.10. The molecule has 0 unspecified atom stereocenters. The number of aromatic nitrogens is 3. The van der Waals surface area contributed by atoms with E-state index in [2.05, 4.69) is 45.3 Å². The lowest BCUT2D eigenvalue weighted by atomic mass is 10.2. The van der Waals surface area contributed by atoms with Gasteiger partial charge in [0.25, 0.3) is 0 Å². The number of rotatable bonds is 5. The molecule has 0 atom stereocenters. The highest BCUT2D eigenvalue weighted by Gasteiger charge is 2.07. The maximum Gasteiger partial charge on any atom is 0.203 e. The molecule has 2 heterocycles. The number of hydrogen-bond donors (Lipinski definition) is 1. The average molecular weight is 250 g/mol. The fourth-order valence-corrected chi connectivity index (χ4v) is 2.14. The second kappa shape index (κ2) is 5.31. The van der Waals surface area contributed by atoms with Crippen molar-refractivity contribution >= 4 is 17.3 Å². The van der Waals surface area contributed by atoms with Crippen LogP contribution in [0.5, 0.6) is 0 Å². The summed E-state index contributed by atoms with van der Waals surface area (Å²) in [6.45, 7) is 8.11. The molecule has 0 saturated carbocycles. The Kier molecular flexibility index (Phi) is 3.78. The molecule has 4 nitrogen and oxygen atoms in total. The van der Waals surface area contributed by atoms with E-state index in [4.69, 9.17) is 0 Å². The number of nitrogens with zero attached hydrogens (tertiary/aromatic N) is 3. The van der Waals surface area contributed by atoms with Crippen LogP contribution in [-0.4, -0.2) is 21.1 Å². The van der Waals surface area contributed by atoms with Crippen molar-refractivity contribution in [2.45, 2.75) is 27.3 Å². The molecule has 0 radical (unpaired) electrons. The number of imidazole rings is 1. The van der Waals surface area contributed by atoms with Crippen molar-refractivity contribution in [1.29, 1.82) is 0 Å². The van der Waals surface area contributed by atoms with Gasteiger partial charge in [-0.15, -0.1) is 11.3 Å². The minimum atomic E-state index is 0.611. The normalized spacial score (nSPS) is 11.1. The predicted octanol–water partition coefficient (Wildman–Crippen LogP) is 2.76. The summed E-state index contributed by atoms with van der Waals surface area (Å²) in [6, 6.07) is 0. The van der Waals surface area contributed by atoms with E-state index in [1.54, 1.807) is 11.3 Å². The second-order valence-electron chi connectivity index (χ2n) is 4.59. The van der Waals surface area contributed by atoms with Gasteiger partial charge in [0, 0.05) is 18.1 Å². The fourth-order valence-electron chi connectivity index (χ4n) is 1.59. The third-order valence-corrected chi connectivity index (χ3v) is 3.02. The van der Waals surface area contributed by atoms with Gasteiger partial charge in [0.2, 0.25) is 5.95 Å². The van der Waals surface area contributed by atoms with Gasteiger partial charge in [0.05, 0.1) is 23.4 Å². The molecule has 0 fully saturated rings. The Morgan fingerprint density at radius 1 is 1.47 bits per heavy atom. The van der Waals surface area contributed by atoms with Crippen molar-refractivity contribution in [3.8, 4) is 0 Å². The van der Waals surface area contributed by atoms with Gasteiger partial charge in [-0.25, -0.2) is 9.97 Å². The smallest absolute Gasteiger partial charge is 0.203 e. The Labute approximate surface area is 106 Å². The van der Waals surface area contributed by atoms with E-state index in [1.165, 1.54) is 0 Å². The third kappa shape index (κ3) is 3.30. The van der Waals surface area contributed by atoms with Crippen molar-refractivity contribution < 1.29 is 0 Å². The molecule has 0 aliphatic heterocycles. The van der Waals surface area contributed by atoms with Gasteiger partial charge in [-0.1, -0.05) is 13.8 Å². The van der Waals surface area contributed by atoms with Crippen LogP contribution in [0.4, 0.5) is 5.95 Å². The van der Waals surface area contributed by atoms with E-state index in [9.17, 15) is 0 Å². The van der Waals surface area contributed by atoms with Crippen LogP contribution in [0.1, 0.15) is 25.2 Å². The lowest BCUT2D eigenvalue weighted by molar-refractivity contribution is 0.675. The Morgan fingerprint density at radius 2 is 2.29 bits per heavy atom. The van der Waals surface area contributed by atoms with E-state index in [0.29, 0.717) is 5.92 Å². The van der Waals surface area contributed by atoms with Gasteiger partial charge in [-0.05, 0) is 12.8 Å². The molecule has 0 amide bonds. The van der Waals surface area contributed by atoms with Gasteiger partial charge in [-0.2, -0.15) is 0 Å². The van der Waals surface area contributed by atoms with Gasteiger partial charge in [0.15, 0.2) is 0 Å². The highest BCUT2D eigenvalue weighted by Crippen LogP contribution is 2.12. The number of hydrogen-bond acceptors (Lipinski definition) is 4. The lowest BCUT2D eigenvalue weighted by Crippen LogP contribution is -2.13. The van der Waals surface area contributed by atoms with Gasteiger partial charge >= 0.3 is 0 Å². The first kappa shape index (κ1) is 12.1. The molecule has 5 heteroatoms. The van der Waals surface area contributed by atoms with Crippen molar-refractivity contribution in [2.75, 3.05) is 11.9 Å². The first-order chi connectivity index (χ1) is 8.15. The highest BCUT2D eigenvalue weighted by atomic mass is 32.1. The molecule has 2 aromatic heterocycles. The van der Waals surface area contributed by atoms with E-state index in [1.807, 2.05) is 12.4 Å². The summed E-state index contributed by atoms with van der Waals surface area (Å²) in [7, 11) is 0. The zero-order chi connectivity index (χ0) is 12.3. The molecular weight excluding hydrogens is 232 g/mol. The summed E-state index contributed by atoms with van der Waals surface area (Å²) in [5.41, 5.74) is 3.98. The van der Waals surface area contributed by atoms with Crippen LogP contribution in [0, 0.1) is 12.8 Å². The average Bonchev–Trinajstić information content (AvgIpc) is 2.86. The van der Waals surface area contributed by atoms with Crippen molar-refractivity contribution in [3.63, 3.8) is 0 Å². The van der Waals surface area contributed by atoms with Crippen LogP contribution in [0.25, 0.3) is 0 Å².